The van der Waals surface area contributed by atoms with Gasteiger partial charge in [-0.15, -0.1) is 0 Å². The molecule has 26 nitrogen and oxygen atoms in total. The lowest BCUT2D eigenvalue weighted by Gasteiger charge is -2.71. The van der Waals surface area contributed by atoms with Gasteiger partial charge in [0.15, 0.2) is 18.9 Å². The van der Waals surface area contributed by atoms with E-state index in [1.54, 1.807) is 0 Å². The molecule has 4 aliphatic heterocycles. The maximum atomic E-state index is 15.1. The van der Waals surface area contributed by atoms with Gasteiger partial charge in [-0.1, -0.05) is 53.2 Å². The predicted octanol–water partition coefficient (Wildman–Crippen LogP) is -3.52. The van der Waals surface area contributed by atoms with E-state index in [0.29, 0.717) is 51.4 Å². The predicted molar refractivity (Wildman–Crippen MR) is 275 cm³/mol. The highest BCUT2D eigenvalue weighted by Gasteiger charge is 2.72. The molecule has 0 aromatic rings. The lowest BCUT2D eigenvalue weighted by Crippen LogP contribution is -2.70. The van der Waals surface area contributed by atoms with E-state index >= 15 is 4.79 Å². The molecule has 0 spiro atoms. The Bertz CT molecular complexity index is 2290. The van der Waals surface area contributed by atoms with Gasteiger partial charge < -0.3 is 119 Å². The number of esters is 2. The molecule has 30 unspecified atom stereocenters. The second-order valence-corrected chi connectivity index (χ2v) is 26.9. The van der Waals surface area contributed by atoms with Crippen LogP contribution in [0.1, 0.15) is 106 Å². The van der Waals surface area contributed by atoms with E-state index in [-0.39, 0.29) is 36.2 Å². The first-order valence-electron chi connectivity index (χ1n) is 29.0. The number of carbonyl (C=O) groups excluding carboxylic acids is 2. The van der Waals surface area contributed by atoms with Crippen LogP contribution >= 0.6 is 0 Å². The Morgan fingerprint density at radius 2 is 1.10 bits per heavy atom. The van der Waals surface area contributed by atoms with Gasteiger partial charge in [0.05, 0.1) is 50.7 Å². The van der Waals surface area contributed by atoms with E-state index in [0.717, 1.165) is 5.57 Å². The highest BCUT2D eigenvalue weighted by molar-refractivity contribution is 5.79. The number of hydrogen-bond donors (Lipinski definition) is 15. The summed E-state index contributed by atoms with van der Waals surface area (Å²) in [6.07, 6.45) is -29.6. The van der Waals surface area contributed by atoms with Crippen LogP contribution in [0.25, 0.3) is 0 Å². The molecular weight excluding hydrogens is 1090 g/mol. The third-order valence-electron chi connectivity index (χ3n) is 21.7. The molecule has 15 N–H and O–H groups in total. The summed E-state index contributed by atoms with van der Waals surface area (Å²) >= 11 is 0. The van der Waals surface area contributed by atoms with Crippen LogP contribution in [0, 0.1) is 50.2 Å². The molecule has 8 fully saturated rings. The standard InChI is InChI=1S/C56H90O26/c1-23(60)75-22-53(5)31-10-11-55(7)32(52(31,4)17-26(61)45(53)81-48-43(72)39(68)44(29(20-59)78-48)80-47-41(70)37(66)34(63)28(19-58)77-47)9-8-24-25-16-51(2,3)12-14-56(25,15-13-54(24,55)6)50(73)82-49-42(71)38(67)35(64)30(79-49)21-74-46-40(69)36(65)33(62)27(18-57)76-46/h8,25-49,57-59,61-72H,9-22H2,1-7H3. The van der Waals surface area contributed by atoms with Crippen molar-refractivity contribution in [2.45, 2.75) is 241 Å². The average molecular weight is 1180 g/mol. The molecule has 30 atom stereocenters. The number of hydrogen-bond acceptors (Lipinski definition) is 26. The Hall–Kier alpha value is -2.20. The van der Waals surface area contributed by atoms with Crippen LogP contribution in [0.15, 0.2) is 11.6 Å². The Kier molecular flexibility index (Phi) is 18.6. The van der Waals surface area contributed by atoms with Crippen molar-refractivity contribution in [1.82, 2.24) is 0 Å². The van der Waals surface area contributed by atoms with Crippen molar-refractivity contribution >= 4 is 11.9 Å². The monoisotopic (exact) mass is 1180 g/mol. The van der Waals surface area contributed by atoms with Crippen LogP contribution in [0.5, 0.6) is 0 Å². The fourth-order valence-corrected chi connectivity index (χ4v) is 16.8. The molecule has 470 valence electrons. The second kappa shape index (κ2) is 23.7. The van der Waals surface area contributed by atoms with Crippen LogP contribution < -0.4 is 0 Å². The molecule has 4 saturated carbocycles. The number of aliphatic hydroxyl groups is 15. The van der Waals surface area contributed by atoms with Gasteiger partial charge in [-0.05, 0) is 97.2 Å². The van der Waals surface area contributed by atoms with E-state index in [9.17, 15) is 81.4 Å². The molecule has 4 heterocycles. The Morgan fingerprint density at radius 1 is 0.573 bits per heavy atom. The molecule has 0 aromatic carbocycles. The minimum absolute atomic E-state index is 0.103. The van der Waals surface area contributed by atoms with E-state index in [2.05, 4.69) is 40.7 Å². The van der Waals surface area contributed by atoms with Crippen LogP contribution in [0.4, 0.5) is 0 Å². The number of fused-ring (bicyclic) bond motifs is 7. The Balaban J connectivity index is 0.949. The fraction of sp³-hybridized carbons (Fsp3) is 0.929. The summed E-state index contributed by atoms with van der Waals surface area (Å²) < 4.78 is 52.8. The van der Waals surface area contributed by atoms with Crippen molar-refractivity contribution in [2.24, 2.45) is 50.2 Å². The second-order valence-electron chi connectivity index (χ2n) is 26.9. The normalized spacial score (nSPS) is 52.9. The van der Waals surface area contributed by atoms with Gasteiger partial charge in [0, 0.05) is 12.3 Å². The topological polar surface area (TPSA) is 421 Å². The van der Waals surface area contributed by atoms with Gasteiger partial charge >= 0.3 is 11.9 Å². The van der Waals surface area contributed by atoms with Crippen molar-refractivity contribution in [3.63, 3.8) is 0 Å². The quantitative estimate of drug-likeness (QED) is 0.0455. The van der Waals surface area contributed by atoms with Crippen molar-refractivity contribution in [1.29, 1.82) is 0 Å². The molecule has 9 aliphatic rings. The molecule has 9 rings (SSSR count). The zero-order valence-corrected chi connectivity index (χ0v) is 47.6. The molecule has 5 aliphatic carbocycles. The SMILES string of the molecule is CC(=O)OCC1(C)C(OC2OC(CO)C(OC3OC(CO)C(O)C(O)C3O)C(O)C2O)C(O)CC2(C)C1CCC1(C)C2CC=C2C3CC(C)(C)CCC3(C(=O)OC3OC(COC4OC(CO)C(O)C(O)C4O)C(O)C(O)C3O)CCC21C. The number of carbonyl (C=O) groups is 2. The van der Waals surface area contributed by atoms with Crippen molar-refractivity contribution < 1.29 is 129 Å². The smallest absolute Gasteiger partial charge is 0.315 e. The van der Waals surface area contributed by atoms with Crippen LogP contribution in [-0.2, 0) is 52.2 Å². The number of ether oxygens (including phenoxy) is 9. The first-order valence-corrected chi connectivity index (χ1v) is 29.0. The van der Waals surface area contributed by atoms with Crippen molar-refractivity contribution in [2.75, 3.05) is 33.0 Å². The van der Waals surface area contributed by atoms with Gasteiger partial charge in [-0.2, -0.15) is 0 Å². The lowest BCUT2D eigenvalue weighted by atomic mass is 9.33. The lowest BCUT2D eigenvalue weighted by molar-refractivity contribution is -0.374. The highest BCUT2D eigenvalue weighted by Crippen LogP contribution is 2.76. The maximum absolute atomic E-state index is 15.1. The summed E-state index contributed by atoms with van der Waals surface area (Å²) in [7, 11) is 0. The Morgan fingerprint density at radius 3 is 1.71 bits per heavy atom. The van der Waals surface area contributed by atoms with E-state index in [1.807, 2.05) is 6.92 Å². The highest BCUT2D eigenvalue weighted by atomic mass is 16.8. The van der Waals surface area contributed by atoms with Gasteiger partial charge in [-0.3, -0.25) is 9.59 Å². The number of aliphatic hydroxyl groups excluding tert-OH is 15. The molecule has 0 aromatic heterocycles. The molecular formula is C56H90O26. The minimum atomic E-state index is -1.91. The largest absolute Gasteiger partial charge is 0.465 e. The maximum Gasteiger partial charge on any atom is 0.315 e. The van der Waals surface area contributed by atoms with Crippen LogP contribution in [0.3, 0.4) is 0 Å². The van der Waals surface area contributed by atoms with Gasteiger partial charge in [0.1, 0.15) is 97.7 Å². The minimum Gasteiger partial charge on any atom is -0.465 e. The van der Waals surface area contributed by atoms with Gasteiger partial charge in [-0.25, -0.2) is 0 Å². The van der Waals surface area contributed by atoms with Gasteiger partial charge in [0.2, 0.25) is 6.29 Å². The van der Waals surface area contributed by atoms with Crippen molar-refractivity contribution in [3.8, 4) is 0 Å². The Labute approximate surface area is 475 Å². The molecule has 26 heteroatoms. The van der Waals surface area contributed by atoms with Gasteiger partial charge in [0.25, 0.3) is 0 Å². The summed E-state index contributed by atoms with van der Waals surface area (Å²) in [6.45, 7) is 11.0. The summed E-state index contributed by atoms with van der Waals surface area (Å²) in [5.74, 6) is -1.99. The third kappa shape index (κ3) is 10.7. The average Bonchev–Trinajstić information content (AvgIpc) is 0.801. The molecule has 82 heavy (non-hydrogen) atoms. The summed E-state index contributed by atoms with van der Waals surface area (Å²) in [6, 6.07) is 0. The van der Waals surface area contributed by atoms with Crippen LogP contribution in [0.2, 0.25) is 0 Å². The van der Waals surface area contributed by atoms with Crippen molar-refractivity contribution in [3.05, 3.63) is 11.6 Å². The van der Waals surface area contributed by atoms with Crippen LogP contribution in [-0.4, -0.2) is 257 Å². The summed E-state index contributed by atoms with van der Waals surface area (Å²) in [4.78, 5) is 27.8. The third-order valence-corrected chi connectivity index (χ3v) is 21.7. The summed E-state index contributed by atoms with van der Waals surface area (Å²) in [5, 5.41) is 161. The summed E-state index contributed by atoms with van der Waals surface area (Å²) in [5.41, 5.74) is -3.03. The molecule has 0 bridgehead atoms. The fourth-order valence-electron chi connectivity index (χ4n) is 16.8. The molecule has 0 radical (unpaired) electrons. The zero-order chi connectivity index (χ0) is 60.1. The first kappa shape index (κ1) is 64.3. The molecule has 4 saturated heterocycles. The first-order chi connectivity index (χ1) is 38.4. The number of rotatable bonds is 14. The number of allylic oxidation sites excluding steroid dienone is 2. The zero-order valence-electron chi connectivity index (χ0n) is 47.6. The van der Waals surface area contributed by atoms with E-state index in [4.69, 9.17) is 42.6 Å². The van der Waals surface area contributed by atoms with E-state index in [1.165, 1.54) is 6.92 Å². The molecule has 0 amide bonds. The van der Waals surface area contributed by atoms with E-state index < -0.39 is 200 Å².